The number of benzene rings is 1. The largest absolute Gasteiger partial charge is 0.444 e. The number of nitro groups is 1. The van der Waals surface area contributed by atoms with E-state index >= 15 is 0 Å². The van der Waals surface area contributed by atoms with E-state index in [2.05, 4.69) is 49.8 Å². The molecule has 0 bridgehead atoms. The molecule has 1 aromatic rings. The fraction of sp³-hybridized carbons (Fsp3) is 0.692. The highest BCUT2D eigenvalue weighted by molar-refractivity contribution is 6.74. The smallest absolute Gasteiger partial charge is 0.407 e. The number of amides is 2. The molecule has 0 aliphatic heterocycles. The normalized spacial score (nSPS) is 18.6. The van der Waals surface area contributed by atoms with Gasteiger partial charge in [-0.25, -0.2) is 4.79 Å². The fourth-order valence-electron chi connectivity index (χ4n) is 3.88. The van der Waals surface area contributed by atoms with Crippen LogP contribution in [0.25, 0.3) is 0 Å². The first kappa shape index (κ1) is 30.6. The Bertz CT molecular complexity index is 971. The van der Waals surface area contributed by atoms with Crippen molar-refractivity contribution in [2.75, 3.05) is 23.8 Å². The molecule has 10 nitrogen and oxygen atoms in total. The third-order valence-corrected chi connectivity index (χ3v) is 11.5. The first-order valence-corrected chi connectivity index (χ1v) is 15.9. The van der Waals surface area contributed by atoms with Crippen LogP contribution in [-0.4, -0.2) is 50.0 Å². The van der Waals surface area contributed by atoms with E-state index < -0.39 is 24.9 Å². The second-order valence-corrected chi connectivity index (χ2v) is 17.0. The van der Waals surface area contributed by atoms with Gasteiger partial charge < -0.3 is 25.1 Å². The fourth-order valence-corrected chi connectivity index (χ4v) is 4.93. The van der Waals surface area contributed by atoms with E-state index in [1.165, 1.54) is 12.1 Å². The highest BCUT2D eigenvalue weighted by Crippen LogP contribution is 2.36. The Balaban J connectivity index is 2.05. The molecule has 37 heavy (non-hydrogen) atoms. The van der Waals surface area contributed by atoms with E-state index in [1.807, 2.05) is 0 Å². The van der Waals surface area contributed by atoms with Crippen LogP contribution in [0.1, 0.15) is 67.2 Å². The minimum atomic E-state index is -1.90. The molecule has 0 heterocycles. The van der Waals surface area contributed by atoms with Crippen LogP contribution >= 0.6 is 0 Å². The van der Waals surface area contributed by atoms with Crippen molar-refractivity contribution in [3.63, 3.8) is 0 Å². The van der Waals surface area contributed by atoms with Crippen molar-refractivity contribution in [2.24, 2.45) is 5.92 Å². The van der Waals surface area contributed by atoms with Crippen LogP contribution in [0.5, 0.6) is 0 Å². The zero-order chi connectivity index (χ0) is 28.0. The van der Waals surface area contributed by atoms with Gasteiger partial charge in [0.15, 0.2) is 8.32 Å². The summed E-state index contributed by atoms with van der Waals surface area (Å²) in [5.41, 5.74) is 0.244. The average Bonchev–Trinajstić information content (AvgIpc) is 2.75. The van der Waals surface area contributed by atoms with Gasteiger partial charge in [-0.2, -0.15) is 0 Å². The molecule has 11 heteroatoms. The molecule has 2 amide bonds. The predicted octanol–water partition coefficient (Wildman–Crippen LogP) is 6.05. The topological polar surface area (TPSA) is 132 Å². The van der Waals surface area contributed by atoms with Gasteiger partial charge in [0.2, 0.25) is 5.91 Å². The van der Waals surface area contributed by atoms with Gasteiger partial charge in [-0.1, -0.05) is 27.2 Å². The summed E-state index contributed by atoms with van der Waals surface area (Å²) in [7, 11) is -1.90. The number of carbonyl (C=O) groups is 2. The summed E-state index contributed by atoms with van der Waals surface area (Å²) in [4.78, 5) is 36.2. The van der Waals surface area contributed by atoms with E-state index in [1.54, 1.807) is 26.8 Å². The van der Waals surface area contributed by atoms with Crippen molar-refractivity contribution in [2.45, 2.75) is 97.0 Å². The highest BCUT2D eigenvalue weighted by atomic mass is 28.4. The monoisotopic (exact) mass is 536 g/mol. The number of hydrogen-bond donors (Lipinski definition) is 3. The molecule has 1 aliphatic carbocycles. The van der Waals surface area contributed by atoms with Crippen molar-refractivity contribution in [3.05, 3.63) is 28.3 Å². The molecule has 0 radical (unpaired) electrons. The number of non-ortho nitro benzene ring substituents is 1. The summed E-state index contributed by atoms with van der Waals surface area (Å²) >= 11 is 0. The Morgan fingerprint density at radius 2 is 1.78 bits per heavy atom. The molecule has 1 aliphatic rings. The van der Waals surface area contributed by atoms with Crippen LogP contribution in [0.15, 0.2) is 18.2 Å². The second-order valence-electron chi connectivity index (χ2n) is 12.2. The summed E-state index contributed by atoms with van der Waals surface area (Å²) in [5, 5.41) is 20.5. The van der Waals surface area contributed by atoms with Crippen LogP contribution in [-0.2, 0) is 14.0 Å². The van der Waals surface area contributed by atoms with E-state index in [-0.39, 0.29) is 28.6 Å². The zero-order valence-corrected chi connectivity index (χ0v) is 24.5. The average molecular weight is 537 g/mol. The Morgan fingerprint density at radius 1 is 1.11 bits per heavy atom. The summed E-state index contributed by atoms with van der Waals surface area (Å²) in [6.07, 6.45) is 2.20. The van der Waals surface area contributed by atoms with Crippen LogP contribution in [0.3, 0.4) is 0 Å². The van der Waals surface area contributed by atoms with Crippen molar-refractivity contribution in [1.29, 1.82) is 0 Å². The second kappa shape index (κ2) is 12.3. The molecular weight excluding hydrogens is 492 g/mol. The Morgan fingerprint density at radius 3 is 2.38 bits per heavy atom. The number of nitrogens with one attached hydrogen (secondary N) is 3. The molecule has 1 saturated carbocycles. The van der Waals surface area contributed by atoms with Crippen molar-refractivity contribution in [1.82, 2.24) is 5.32 Å². The molecule has 1 aromatic carbocycles. The molecule has 3 N–H and O–H groups in total. The lowest BCUT2D eigenvalue weighted by molar-refractivity contribution is -0.384. The highest BCUT2D eigenvalue weighted by Gasteiger charge is 2.37. The maximum Gasteiger partial charge on any atom is 0.407 e. The van der Waals surface area contributed by atoms with Gasteiger partial charge in [0, 0.05) is 30.6 Å². The SMILES string of the molecule is CC(C)(C)OC(=O)N[C@@H]1CCC[C@H](C(=O)Nc2cc([N+](=O)[O-])ccc2NCCO[Si](C)(C)C(C)(C)C)C1. The van der Waals surface area contributed by atoms with E-state index in [4.69, 9.17) is 9.16 Å². The maximum atomic E-state index is 13.2. The first-order valence-electron chi connectivity index (χ1n) is 12.9. The van der Waals surface area contributed by atoms with Gasteiger partial charge in [0.25, 0.3) is 5.69 Å². The minimum Gasteiger partial charge on any atom is -0.444 e. The molecule has 0 unspecified atom stereocenters. The zero-order valence-electron chi connectivity index (χ0n) is 23.5. The minimum absolute atomic E-state index is 0.0929. The number of carbonyl (C=O) groups excluding carboxylic acids is 2. The maximum absolute atomic E-state index is 13.2. The Hall–Kier alpha value is -2.66. The quantitative estimate of drug-likeness (QED) is 0.151. The molecule has 0 spiro atoms. The summed E-state index contributed by atoms with van der Waals surface area (Å²) < 4.78 is 11.5. The van der Waals surface area contributed by atoms with Gasteiger partial charge in [0.05, 0.1) is 22.9 Å². The lowest BCUT2D eigenvalue weighted by Gasteiger charge is -2.36. The van der Waals surface area contributed by atoms with Crippen LogP contribution < -0.4 is 16.0 Å². The van der Waals surface area contributed by atoms with Crippen LogP contribution in [0, 0.1) is 16.0 Å². The Kier molecular flexibility index (Phi) is 10.1. The standard InChI is InChI=1S/C26H44N4O6Si/c1-25(2,3)36-24(32)28-19-11-9-10-18(16-19)23(31)29-22-17-20(30(33)34)12-13-21(22)27-14-15-35-37(7,8)26(4,5)6/h12-13,17-19,27H,9-11,14-16H2,1-8H3,(H,28,32)(H,29,31)/t18-,19+/m0/s1. The summed E-state index contributed by atoms with van der Waals surface area (Å²) in [6, 6.07) is 4.21. The third kappa shape index (κ3) is 9.62. The number of nitrogens with zero attached hydrogens (tertiary/aromatic N) is 1. The van der Waals surface area contributed by atoms with E-state index in [9.17, 15) is 19.7 Å². The van der Waals surface area contributed by atoms with E-state index in [0.29, 0.717) is 37.4 Å². The van der Waals surface area contributed by atoms with Crippen molar-refractivity contribution in [3.8, 4) is 0 Å². The molecule has 2 rings (SSSR count). The van der Waals surface area contributed by atoms with Crippen molar-refractivity contribution < 1.29 is 23.7 Å². The number of ether oxygens (including phenoxy) is 1. The first-order chi connectivity index (χ1) is 17.0. The summed E-state index contributed by atoms with van der Waals surface area (Å²) in [6.45, 7) is 17.3. The lowest BCUT2D eigenvalue weighted by Crippen LogP contribution is -2.43. The molecule has 0 saturated heterocycles. The molecular formula is C26H44N4O6Si. The number of rotatable bonds is 9. The van der Waals surface area contributed by atoms with Gasteiger partial charge in [0.1, 0.15) is 5.60 Å². The molecule has 2 atom stereocenters. The third-order valence-electron chi connectivity index (χ3n) is 6.92. The molecule has 0 aromatic heterocycles. The number of alkyl carbamates (subject to hydrolysis) is 1. The Labute approximate surface area is 221 Å². The van der Waals surface area contributed by atoms with Gasteiger partial charge in [-0.3, -0.25) is 14.9 Å². The number of nitro benzene ring substituents is 1. The van der Waals surface area contributed by atoms with Gasteiger partial charge >= 0.3 is 6.09 Å². The van der Waals surface area contributed by atoms with E-state index in [0.717, 1.165) is 12.8 Å². The predicted molar refractivity (Wildman–Crippen MR) is 148 cm³/mol. The van der Waals surface area contributed by atoms with Gasteiger partial charge in [-0.15, -0.1) is 0 Å². The lowest BCUT2D eigenvalue weighted by atomic mass is 9.85. The summed E-state index contributed by atoms with van der Waals surface area (Å²) in [5.74, 6) is -0.556. The van der Waals surface area contributed by atoms with Crippen molar-refractivity contribution >= 4 is 37.4 Å². The molecule has 1 fully saturated rings. The number of hydrogen-bond acceptors (Lipinski definition) is 7. The van der Waals surface area contributed by atoms with Crippen LogP contribution in [0.4, 0.5) is 21.9 Å². The van der Waals surface area contributed by atoms with Gasteiger partial charge in [-0.05, 0) is 64.2 Å². The molecule has 208 valence electrons. The number of anilines is 2. The van der Waals surface area contributed by atoms with Crippen LogP contribution in [0.2, 0.25) is 18.1 Å².